The van der Waals surface area contributed by atoms with Gasteiger partial charge in [0.05, 0.1) is 0 Å². The van der Waals surface area contributed by atoms with Gasteiger partial charge in [0.15, 0.2) is 0 Å². The number of hydrogen-bond acceptors (Lipinski definition) is 5. The molecule has 1 aliphatic heterocycles. The molecule has 0 radical (unpaired) electrons. The molecule has 0 amide bonds. The summed E-state index contributed by atoms with van der Waals surface area (Å²) in [6, 6.07) is 9.55. The minimum Gasteiger partial charge on any atom is -0.369 e. The molecule has 6 nitrogen and oxygen atoms in total. The zero-order chi connectivity index (χ0) is 24.0. The number of piperazine rings is 1. The molecule has 4 rings (SSSR count). The molecule has 2 aliphatic rings. The highest BCUT2D eigenvalue weighted by Crippen LogP contribution is 2.30. The first-order valence-corrected chi connectivity index (χ1v) is 14.7. The summed E-state index contributed by atoms with van der Waals surface area (Å²) in [4.78, 5) is 9.15. The van der Waals surface area contributed by atoms with E-state index in [2.05, 4.69) is 37.7 Å². The Hall–Kier alpha value is -0.800. The van der Waals surface area contributed by atoms with Crippen LogP contribution in [0.1, 0.15) is 43.2 Å². The van der Waals surface area contributed by atoms with Gasteiger partial charge in [0.25, 0.3) is 0 Å². The van der Waals surface area contributed by atoms with Crippen molar-refractivity contribution in [2.24, 2.45) is 5.92 Å². The number of halogens is 4. The summed E-state index contributed by atoms with van der Waals surface area (Å²) in [7, 11) is -3.49. The number of aromatic nitrogens is 1. The molecular formula is C25H36Cl4N4O2S. The molecule has 0 spiro atoms. The van der Waals surface area contributed by atoms with Crippen LogP contribution in [0.25, 0.3) is 0 Å². The Labute approximate surface area is 238 Å². The van der Waals surface area contributed by atoms with Crippen LogP contribution in [0.5, 0.6) is 0 Å². The fourth-order valence-electron chi connectivity index (χ4n) is 5.14. The molecule has 0 unspecified atom stereocenters. The first-order valence-electron chi connectivity index (χ1n) is 12.1. The minimum absolute atomic E-state index is 0. The van der Waals surface area contributed by atoms with E-state index in [1.807, 2.05) is 0 Å². The average molecular weight is 598 g/mol. The van der Waals surface area contributed by atoms with E-state index in [1.54, 1.807) is 18.3 Å². The molecule has 2 heterocycles. The van der Waals surface area contributed by atoms with Gasteiger partial charge in [-0.3, -0.25) is 9.88 Å². The van der Waals surface area contributed by atoms with Crippen LogP contribution in [0.15, 0.2) is 47.6 Å². The van der Waals surface area contributed by atoms with E-state index in [0.717, 1.165) is 69.5 Å². The van der Waals surface area contributed by atoms with E-state index in [1.165, 1.54) is 18.3 Å². The van der Waals surface area contributed by atoms with Crippen molar-refractivity contribution in [3.63, 3.8) is 0 Å². The number of nitrogens with one attached hydrogen (secondary N) is 1. The van der Waals surface area contributed by atoms with Crippen LogP contribution in [0.4, 0.5) is 5.69 Å². The van der Waals surface area contributed by atoms with E-state index in [4.69, 9.17) is 23.2 Å². The third-order valence-corrected chi connectivity index (χ3v) is 9.27. The zero-order valence-electron chi connectivity index (χ0n) is 20.3. The monoisotopic (exact) mass is 596 g/mol. The van der Waals surface area contributed by atoms with Gasteiger partial charge in [0, 0.05) is 62.1 Å². The Bertz CT molecular complexity index is 1030. The molecule has 36 heavy (non-hydrogen) atoms. The largest absolute Gasteiger partial charge is 0.369 e. The van der Waals surface area contributed by atoms with E-state index in [0.29, 0.717) is 17.7 Å². The summed E-state index contributed by atoms with van der Waals surface area (Å²) in [5.41, 5.74) is 3.50. The number of hydrogen-bond donors (Lipinski definition) is 1. The summed E-state index contributed by atoms with van der Waals surface area (Å²) < 4.78 is 28.0. The van der Waals surface area contributed by atoms with Gasteiger partial charge in [0.2, 0.25) is 10.0 Å². The number of sulfonamides is 1. The van der Waals surface area contributed by atoms with Crippen molar-refractivity contribution < 1.29 is 8.42 Å². The maximum Gasteiger partial charge on any atom is 0.242 e. The topological polar surface area (TPSA) is 65.5 Å². The van der Waals surface area contributed by atoms with Gasteiger partial charge >= 0.3 is 0 Å². The summed E-state index contributed by atoms with van der Waals surface area (Å²) in [6.07, 6.45) is 8.11. The second-order valence-electron chi connectivity index (χ2n) is 9.33. The lowest BCUT2D eigenvalue weighted by Crippen LogP contribution is -2.47. The molecule has 1 saturated heterocycles. The van der Waals surface area contributed by atoms with Crippen molar-refractivity contribution in [3.8, 4) is 0 Å². The van der Waals surface area contributed by atoms with Crippen LogP contribution in [0.3, 0.4) is 0 Å². The normalized spacial score (nSPS) is 20.9. The van der Waals surface area contributed by atoms with Crippen LogP contribution in [0, 0.1) is 5.92 Å². The quantitative estimate of drug-likeness (QED) is 0.389. The zero-order valence-corrected chi connectivity index (χ0v) is 24.3. The second-order valence-corrected chi connectivity index (χ2v) is 11.6. The molecule has 1 aromatic carbocycles. The maximum atomic E-state index is 12.5. The molecule has 1 N–H and O–H groups in total. The number of alkyl halides is 2. The lowest BCUT2D eigenvalue weighted by atomic mass is 9.84. The number of rotatable bonds is 9. The smallest absolute Gasteiger partial charge is 0.242 e. The van der Waals surface area contributed by atoms with Crippen LogP contribution >= 0.6 is 48.0 Å². The molecule has 2 aromatic rings. The first-order chi connectivity index (χ1) is 16.5. The van der Waals surface area contributed by atoms with E-state index < -0.39 is 10.0 Å². The summed E-state index contributed by atoms with van der Waals surface area (Å²) in [6.45, 7) is 5.20. The Morgan fingerprint density at radius 3 is 2.28 bits per heavy atom. The summed E-state index contributed by atoms with van der Waals surface area (Å²) >= 11 is 12.3. The van der Waals surface area contributed by atoms with E-state index in [-0.39, 0.29) is 35.8 Å². The maximum absolute atomic E-state index is 12.5. The predicted molar refractivity (Wildman–Crippen MR) is 154 cm³/mol. The Morgan fingerprint density at radius 1 is 0.944 bits per heavy atom. The van der Waals surface area contributed by atoms with Crippen molar-refractivity contribution >= 4 is 63.7 Å². The molecular weight excluding hydrogens is 562 g/mol. The van der Waals surface area contributed by atoms with Crippen molar-refractivity contribution in [1.82, 2.24) is 14.6 Å². The number of nitrogens with zero attached hydrogens (tertiary/aromatic N) is 3. The number of benzene rings is 1. The second kappa shape index (κ2) is 15.0. The minimum atomic E-state index is -3.49. The summed E-state index contributed by atoms with van der Waals surface area (Å²) in [5.74, 6) is 1.64. The Kier molecular flexibility index (Phi) is 13.1. The highest BCUT2D eigenvalue weighted by atomic mass is 35.5. The fraction of sp³-hybridized carbons (Fsp3) is 0.560. The van der Waals surface area contributed by atoms with Gasteiger partial charge < -0.3 is 4.90 Å². The molecule has 1 saturated carbocycles. The molecule has 1 aliphatic carbocycles. The molecule has 2 fully saturated rings. The molecule has 202 valence electrons. The van der Waals surface area contributed by atoms with Gasteiger partial charge in [-0.1, -0.05) is 12.1 Å². The van der Waals surface area contributed by atoms with Crippen LogP contribution in [0.2, 0.25) is 0 Å². The van der Waals surface area contributed by atoms with Gasteiger partial charge in [0.1, 0.15) is 4.90 Å². The van der Waals surface area contributed by atoms with E-state index in [9.17, 15) is 8.42 Å². The van der Waals surface area contributed by atoms with Gasteiger partial charge in [-0.05, 0) is 73.9 Å². The fourth-order valence-corrected chi connectivity index (χ4v) is 6.96. The summed E-state index contributed by atoms with van der Waals surface area (Å²) in [5, 5.41) is 0. The molecule has 0 atom stereocenters. The molecule has 0 bridgehead atoms. The highest BCUT2D eigenvalue weighted by molar-refractivity contribution is 7.89. The van der Waals surface area contributed by atoms with Gasteiger partial charge in [-0.15, -0.1) is 48.0 Å². The number of anilines is 1. The van der Waals surface area contributed by atoms with Crippen LogP contribution in [-0.2, 0) is 21.8 Å². The first kappa shape index (κ1) is 31.4. The van der Waals surface area contributed by atoms with Crippen LogP contribution < -0.4 is 9.62 Å². The average Bonchev–Trinajstić information content (AvgIpc) is 2.88. The van der Waals surface area contributed by atoms with Crippen molar-refractivity contribution in [2.75, 3.05) is 37.6 Å². The lowest BCUT2D eigenvalue weighted by molar-refractivity contribution is 0.214. The van der Waals surface area contributed by atoms with Crippen LogP contribution in [-0.4, -0.2) is 57.1 Å². The van der Waals surface area contributed by atoms with E-state index >= 15 is 0 Å². The van der Waals surface area contributed by atoms with Gasteiger partial charge in [-0.25, -0.2) is 13.1 Å². The van der Waals surface area contributed by atoms with Crippen molar-refractivity contribution in [1.29, 1.82) is 0 Å². The Morgan fingerprint density at radius 2 is 1.67 bits per heavy atom. The highest BCUT2D eigenvalue weighted by Gasteiger charge is 2.27. The van der Waals surface area contributed by atoms with Gasteiger partial charge in [-0.2, -0.15) is 0 Å². The van der Waals surface area contributed by atoms with Crippen molar-refractivity contribution in [2.45, 2.75) is 54.8 Å². The molecule has 11 heteroatoms. The number of pyridine rings is 1. The molecule has 1 aromatic heterocycles. The lowest BCUT2D eigenvalue weighted by Gasteiger charge is -2.38. The predicted octanol–water partition coefficient (Wildman–Crippen LogP) is 5.45. The Balaban J connectivity index is 0.00000228. The third-order valence-electron chi connectivity index (χ3n) is 7.21. The standard InChI is InChI=1S/C25H34Cl2N4O2S.2ClH/c26-17-21-3-1-5-25(24(21)18-27)31-15-13-30(14-16-31)12-10-20-6-8-22(9-7-20)29-34(32,33)23-4-2-11-28-19-23;;/h1-5,11,19-20,22,29H,6-10,12-18H2;2*1H. The third kappa shape index (κ3) is 8.10. The SMILES string of the molecule is Cl.Cl.O=S(=O)(NC1CCC(CCN2CCN(c3cccc(CCl)c3CCl)CC2)CC1)c1cccnc1. The van der Waals surface area contributed by atoms with Crippen molar-refractivity contribution in [3.05, 3.63) is 53.9 Å².